The molecular formula is C17H17Cl2NO2S. The summed E-state index contributed by atoms with van der Waals surface area (Å²) in [5.74, 6) is -0.350. The van der Waals surface area contributed by atoms with Gasteiger partial charge in [0.05, 0.1) is 10.0 Å². The largest absolute Gasteiger partial charge is 0.459 e. The molecule has 1 aromatic heterocycles. The van der Waals surface area contributed by atoms with Crippen molar-refractivity contribution in [3.8, 4) is 11.1 Å². The van der Waals surface area contributed by atoms with Gasteiger partial charge in [0.2, 0.25) is 0 Å². The van der Waals surface area contributed by atoms with Crippen LogP contribution in [-0.4, -0.2) is 12.1 Å². The highest BCUT2D eigenvalue weighted by Crippen LogP contribution is 2.37. The smallest absolute Gasteiger partial charge is 0.342 e. The first-order valence-corrected chi connectivity index (χ1v) is 9.23. The van der Waals surface area contributed by atoms with Crippen LogP contribution in [0.3, 0.4) is 0 Å². The summed E-state index contributed by atoms with van der Waals surface area (Å²) in [4.78, 5) is 12.6. The Kier molecular flexibility index (Phi) is 5.14. The van der Waals surface area contributed by atoms with E-state index in [-0.39, 0.29) is 12.1 Å². The van der Waals surface area contributed by atoms with Crippen LogP contribution in [-0.2, 0) is 4.74 Å². The molecule has 122 valence electrons. The van der Waals surface area contributed by atoms with E-state index in [1.54, 1.807) is 12.1 Å². The maximum absolute atomic E-state index is 12.6. The van der Waals surface area contributed by atoms with Crippen LogP contribution >= 0.6 is 34.5 Å². The molecule has 0 amide bonds. The second-order valence-corrected chi connectivity index (χ2v) is 7.41. The van der Waals surface area contributed by atoms with Crippen molar-refractivity contribution in [2.45, 2.75) is 38.2 Å². The van der Waals surface area contributed by atoms with E-state index in [0.29, 0.717) is 20.6 Å². The third kappa shape index (κ3) is 3.65. The molecule has 0 aliphatic heterocycles. The lowest BCUT2D eigenvalue weighted by Gasteiger charge is -2.22. The number of ether oxygens (including phenoxy) is 1. The van der Waals surface area contributed by atoms with Gasteiger partial charge in [-0.3, -0.25) is 0 Å². The minimum atomic E-state index is -0.350. The van der Waals surface area contributed by atoms with Gasteiger partial charge in [0.15, 0.2) is 0 Å². The molecule has 3 nitrogen and oxygen atoms in total. The van der Waals surface area contributed by atoms with Gasteiger partial charge >= 0.3 is 5.97 Å². The Labute approximate surface area is 149 Å². The van der Waals surface area contributed by atoms with Gasteiger partial charge in [-0.2, -0.15) is 0 Å². The minimum Gasteiger partial charge on any atom is -0.459 e. The monoisotopic (exact) mass is 369 g/mol. The number of hydrogen-bond acceptors (Lipinski definition) is 4. The molecule has 1 fully saturated rings. The first-order valence-electron chi connectivity index (χ1n) is 7.59. The normalized spacial score (nSPS) is 15.6. The fourth-order valence-electron chi connectivity index (χ4n) is 2.85. The van der Waals surface area contributed by atoms with Crippen LogP contribution in [0.2, 0.25) is 10.0 Å². The highest BCUT2D eigenvalue weighted by Gasteiger charge is 2.24. The highest BCUT2D eigenvalue weighted by atomic mass is 35.5. The van der Waals surface area contributed by atoms with Crippen molar-refractivity contribution in [1.29, 1.82) is 0 Å². The van der Waals surface area contributed by atoms with E-state index >= 15 is 0 Å². The molecule has 1 aliphatic rings. The number of anilines is 1. The van der Waals surface area contributed by atoms with Gasteiger partial charge in [-0.25, -0.2) is 4.79 Å². The average Bonchev–Trinajstić information content (AvgIpc) is 2.93. The fourth-order valence-corrected chi connectivity index (χ4v) is 3.96. The zero-order valence-electron chi connectivity index (χ0n) is 12.5. The average molecular weight is 370 g/mol. The second-order valence-electron chi connectivity index (χ2n) is 5.68. The molecule has 1 aromatic carbocycles. The minimum absolute atomic E-state index is 0.00259. The fraction of sp³-hybridized carbons (Fsp3) is 0.353. The SMILES string of the molecule is Nc1scc(-c2ccc(Cl)c(Cl)c2)c1C(=O)OC1CCCCC1. The van der Waals surface area contributed by atoms with Crippen molar-refractivity contribution >= 4 is 45.5 Å². The second kappa shape index (κ2) is 7.12. The third-order valence-corrected chi connectivity index (χ3v) is 5.63. The molecule has 0 saturated heterocycles. The highest BCUT2D eigenvalue weighted by molar-refractivity contribution is 7.15. The number of carbonyl (C=O) groups excluding carboxylic acids is 1. The molecule has 6 heteroatoms. The summed E-state index contributed by atoms with van der Waals surface area (Å²) >= 11 is 13.4. The van der Waals surface area contributed by atoms with Crippen LogP contribution in [0, 0.1) is 0 Å². The van der Waals surface area contributed by atoms with Crippen molar-refractivity contribution in [2.75, 3.05) is 5.73 Å². The molecular weight excluding hydrogens is 353 g/mol. The Morgan fingerprint density at radius 2 is 1.91 bits per heavy atom. The predicted molar refractivity (Wildman–Crippen MR) is 96.5 cm³/mol. The number of carbonyl (C=O) groups is 1. The lowest BCUT2D eigenvalue weighted by molar-refractivity contribution is 0.0214. The quantitative estimate of drug-likeness (QED) is 0.696. The van der Waals surface area contributed by atoms with E-state index in [2.05, 4.69) is 0 Å². The van der Waals surface area contributed by atoms with Gasteiger partial charge in [-0.05, 0) is 43.4 Å². The molecule has 1 aliphatic carbocycles. The molecule has 0 bridgehead atoms. The predicted octanol–water partition coefficient (Wildman–Crippen LogP) is 5.79. The lowest BCUT2D eigenvalue weighted by atomic mass is 9.97. The van der Waals surface area contributed by atoms with E-state index in [1.165, 1.54) is 17.8 Å². The zero-order chi connectivity index (χ0) is 16.4. The first-order chi connectivity index (χ1) is 11.1. The van der Waals surface area contributed by atoms with Gasteiger partial charge in [0.25, 0.3) is 0 Å². The molecule has 0 radical (unpaired) electrons. The Balaban J connectivity index is 1.88. The van der Waals surface area contributed by atoms with Gasteiger partial charge in [-0.15, -0.1) is 11.3 Å². The Bertz CT molecular complexity index is 723. The third-order valence-electron chi connectivity index (χ3n) is 4.08. The number of thiophene rings is 1. The van der Waals surface area contributed by atoms with Crippen LogP contribution < -0.4 is 5.73 Å². The standard InChI is InChI=1S/C17H17Cl2NO2S/c18-13-7-6-10(8-14(13)19)12-9-23-16(20)15(12)17(21)22-11-4-2-1-3-5-11/h6-9,11H,1-5,20H2. The van der Waals surface area contributed by atoms with Gasteiger partial charge < -0.3 is 10.5 Å². The Hall–Kier alpha value is -1.23. The maximum Gasteiger partial charge on any atom is 0.342 e. The maximum atomic E-state index is 12.6. The van der Waals surface area contributed by atoms with Crippen LogP contribution in [0.4, 0.5) is 5.00 Å². The molecule has 0 unspecified atom stereocenters. The summed E-state index contributed by atoms with van der Waals surface area (Å²) in [5, 5.41) is 3.24. The number of hydrogen-bond donors (Lipinski definition) is 1. The van der Waals surface area contributed by atoms with E-state index in [4.69, 9.17) is 33.7 Å². The molecule has 23 heavy (non-hydrogen) atoms. The van der Waals surface area contributed by atoms with E-state index in [1.807, 2.05) is 11.4 Å². The molecule has 1 saturated carbocycles. The van der Waals surface area contributed by atoms with Gasteiger partial charge in [0, 0.05) is 10.9 Å². The van der Waals surface area contributed by atoms with E-state index < -0.39 is 0 Å². The summed E-state index contributed by atoms with van der Waals surface area (Å²) in [6.07, 6.45) is 5.28. The number of nitrogens with two attached hydrogens (primary N) is 1. The van der Waals surface area contributed by atoms with E-state index in [9.17, 15) is 4.79 Å². The summed E-state index contributed by atoms with van der Waals surface area (Å²) < 4.78 is 5.66. The molecule has 1 heterocycles. The summed E-state index contributed by atoms with van der Waals surface area (Å²) in [7, 11) is 0. The van der Waals surface area contributed by atoms with Gasteiger partial charge in [-0.1, -0.05) is 35.7 Å². The van der Waals surface area contributed by atoms with Crippen molar-refractivity contribution in [3.05, 3.63) is 39.2 Å². The number of rotatable bonds is 3. The number of halogens is 2. The first kappa shape index (κ1) is 16.6. The lowest BCUT2D eigenvalue weighted by Crippen LogP contribution is -2.21. The van der Waals surface area contributed by atoms with Crippen molar-refractivity contribution in [1.82, 2.24) is 0 Å². The molecule has 3 rings (SSSR count). The number of benzene rings is 1. The molecule has 2 aromatic rings. The van der Waals surface area contributed by atoms with Crippen molar-refractivity contribution < 1.29 is 9.53 Å². The Morgan fingerprint density at radius 1 is 1.17 bits per heavy atom. The number of esters is 1. The number of nitrogen functional groups attached to an aromatic ring is 1. The van der Waals surface area contributed by atoms with Crippen molar-refractivity contribution in [3.63, 3.8) is 0 Å². The van der Waals surface area contributed by atoms with Crippen LogP contribution in [0.15, 0.2) is 23.6 Å². The molecule has 2 N–H and O–H groups in total. The Morgan fingerprint density at radius 3 is 2.61 bits per heavy atom. The van der Waals surface area contributed by atoms with Gasteiger partial charge in [0.1, 0.15) is 16.7 Å². The van der Waals surface area contributed by atoms with Crippen LogP contribution in [0.25, 0.3) is 11.1 Å². The molecule has 0 spiro atoms. The van der Waals surface area contributed by atoms with Crippen LogP contribution in [0.5, 0.6) is 0 Å². The summed E-state index contributed by atoms with van der Waals surface area (Å²) in [5.41, 5.74) is 7.99. The van der Waals surface area contributed by atoms with E-state index in [0.717, 1.165) is 36.8 Å². The molecule has 0 atom stereocenters. The topological polar surface area (TPSA) is 52.3 Å². The zero-order valence-corrected chi connectivity index (χ0v) is 14.8. The van der Waals surface area contributed by atoms with Crippen molar-refractivity contribution in [2.24, 2.45) is 0 Å². The summed E-state index contributed by atoms with van der Waals surface area (Å²) in [6.45, 7) is 0. The summed E-state index contributed by atoms with van der Waals surface area (Å²) in [6, 6.07) is 5.28. The van der Waals surface area contributed by atoms with Crippen LogP contribution in [0.1, 0.15) is 42.5 Å².